The monoisotopic (exact) mass is 306 g/mol. The van der Waals surface area contributed by atoms with Crippen LogP contribution in [0.25, 0.3) is 10.2 Å². The second kappa shape index (κ2) is 5.87. The van der Waals surface area contributed by atoms with Crippen LogP contribution in [0.4, 0.5) is 5.82 Å². The van der Waals surface area contributed by atoms with Gasteiger partial charge in [0.2, 0.25) is 0 Å². The van der Waals surface area contributed by atoms with Crippen LogP contribution in [-0.2, 0) is 11.3 Å². The van der Waals surface area contributed by atoms with E-state index >= 15 is 0 Å². The minimum atomic E-state index is 0.610. The number of thiophene rings is 1. The number of nitrogens with zero attached hydrogens (tertiary/aromatic N) is 3. The summed E-state index contributed by atoms with van der Waals surface area (Å²) >= 11 is 1.70. The number of hydrogen-bond donors (Lipinski definition) is 1. The smallest absolute Gasteiger partial charge is 0.146 e. The molecule has 0 aliphatic heterocycles. The molecule has 0 aromatic carbocycles. The van der Waals surface area contributed by atoms with Crippen molar-refractivity contribution >= 4 is 27.4 Å². The predicted molar refractivity (Wildman–Crippen MR) is 86.6 cm³/mol. The third kappa shape index (κ3) is 3.02. The summed E-state index contributed by atoms with van der Waals surface area (Å²) in [5.74, 6) is 1.43. The molecule has 2 aromatic rings. The Kier molecular flexibility index (Phi) is 4.10. The standard InChI is InChI=1S/C15H22N4OS/c1-9-10(2)21-15-13(9)14(16)17-12(18-15)8-19(6-7-20-3)11-4-5-11/h11H,4-8H2,1-3H3,(H2,16,17,18). The molecule has 6 heteroatoms. The maximum Gasteiger partial charge on any atom is 0.146 e. The molecule has 1 fully saturated rings. The molecule has 3 rings (SSSR count). The van der Waals surface area contributed by atoms with Crippen LogP contribution in [0.2, 0.25) is 0 Å². The first-order valence-corrected chi connectivity index (χ1v) is 8.17. The van der Waals surface area contributed by atoms with Gasteiger partial charge < -0.3 is 10.5 Å². The molecule has 2 aromatic heterocycles. The highest BCUT2D eigenvalue weighted by molar-refractivity contribution is 7.18. The van der Waals surface area contributed by atoms with Gasteiger partial charge in [0.25, 0.3) is 0 Å². The van der Waals surface area contributed by atoms with Gasteiger partial charge in [0.1, 0.15) is 16.5 Å². The van der Waals surface area contributed by atoms with Gasteiger partial charge in [0, 0.05) is 24.6 Å². The molecule has 0 amide bonds. The van der Waals surface area contributed by atoms with Crippen molar-refractivity contribution < 1.29 is 4.74 Å². The molecule has 0 saturated heterocycles. The van der Waals surface area contributed by atoms with Crippen molar-refractivity contribution in [2.45, 2.75) is 39.3 Å². The number of fused-ring (bicyclic) bond motifs is 1. The molecule has 0 spiro atoms. The lowest BCUT2D eigenvalue weighted by Gasteiger charge is -2.20. The molecule has 0 bridgehead atoms. The van der Waals surface area contributed by atoms with Gasteiger partial charge in [0.15, 0.2) is 0 Å². The zero-order valence-corrected chi connectivity index (χ0v) is 13.7. The Balaban J connectivity index is 1.86. The van der Waals surface area contributed by atoms with Crippen LogP contribution in [0.5, 0.6) is 0 Å². The van der Waals surface area contributed by atoms with E-state index in [1.165, 1.54) is 23.3 Å². The van der Waals surface area contributed by atoms with Crippen molar-refractivity contribution in [3.05, 3.63) is 16.3 Å². The minimum absolute atomic E-state index is 0.610. The number of nitrogens with two attached hydrogens (primary N) is 1. The third-order valence-corrected chi connectivity index (χ3v) is 5.19. The summed E-state index contributed by atoms with van der Waals surface area (Å²) in [6, 6.07) is 0.660. The molecule has 114 valence electrons. The van der Waals surface area contributed by atoms with Crippen molar-refractivity contribution in [1.82, 2.24) is 14.9 Å². The Morgan fingerprint density at radius 3 is 2.76 bits per heavy atom. The SMILES string of the molecule is COCCN(Cc1nc(N)c2c(C)c(C)sc2n1)C1CC1. The molecule has 2 heterocycles. The Morgan fingerprint density at radius 1 is 1.33 bits per heavy atom. The van der Waals surface area contributed by atoms with E-state index in [1.54, 1.807) is 18.4 Å². The zero-order chi connectivity index (χ0) is 15.0. The van der Waals surface area contributed by atoms with Crippen LogP contribution >= 0.6 is 11.3 Å². The highest BCUT2D eigenvalue weighted by Gasteiger charge is 2.29. The number of ether oxygens (including phenoxy) is 1. The summed E-state index contributed by atoms with van der Waals surface area (Å²) in [5, 5.41) is 1.02. The van der Waals surface area contributed by atoms with Gasteiger partial charge in [-0.3, -0.25) is 4.90 Å². The molecule has 2 N–H and O–H groups in total. The Hall–Kier alpha value is -1.24. The molecular weight excluding hydrogens is 284 g/mol. The van der Waals surface area contributed by atoms with Crippen molar-refractivity contribution in [2.75, 3.05) is 26.0 Å². The van der Waals surface area contributed by atoms with E-state index in [9.17, 15) is 0 Å². The predicted octanol–water partition coefficient (Wildman–Crippen LogP) is 2.50. The summed E-state index contributed by atoms with van der Waals surface area (Å²) in [4.78, 5) is 13.9. The molecular formula is C15H22N4OS. The molecule has 5 nitrogen and oxygen atoms in total. The van der Waals surface area contributed by atoms with Crippen molar-refractivity contribution in [2.24, 2.45) is 0 Å². The second-order valence-electron chi connectivity index (χ2n) is 5.68. The topological polar surface area (TPSA) is 64.3 Å². The van der Waals surface area contributed by atoms with Crippen LogP contribution in [0.3, 0.4) is 0 Å². The lowest BCUT2D eigenvalue weighted by atomic mass is 10.2. The average Bonchev–Trinajstić information content (AvgIpc) is 3.23. The van der Waals surface area contributed by atoms with Crippen LogP contribution in [-0.4, -0.2) is 41.2 Å². The van der Waals surface area contributed by atoms with Crippen molar-refractivity contribution in [1.29, 1.82) is 0 Å². The maximum atomic E-state index is 6.15. The van der Waals surface area contributed by atoms with Gasteiger partial charge in [0.05, 0.1) is 18.5 Å². The van der Waals surface area contributed by atoms with Crippen LogP contribution in [0.1, 0.15) is 29.1 Å². The number of methoxy groups -OCH3 is 1. The highest BCUT2D eigenvalue weighted by Crippen LogP contribution is 2.33. The minimum Gasteiger partial charge on any atom is -0.383 e. The van der Waals surface area contributed by atoms with Gasteiger partial charge in [-0.1, -0.05) is 0 Å². The van der Waals surface area contributed by atoms with E-state index in [-0.39, 0.29) is 0 Å². The zero-order valence-electron chi connectivity index (χ0n) is 12.8. The molecule has 0 radical (unpaired) electrons. The van der Waals surface area contributed by atoms with Crippen LogP contribution < -0.4 is 5.73 Å². The summed E-state index contributed by atoms with van der Waals surface area (Å²) in [6.07, 6.45) is 2.53. The lowest BCUT2D eigenvalue weighted by Crippen LogP contribution is -2.30. The molecule has 1 aliphatic rings. The fourth-order valence-corrected chi connectivity index (χ4v) is 3.67. The fraction of sp³-hybridized carbons (Fsp3) is 0.600. The fourth-order valence-electron chi connectivity index (χ4n) is 2.62. The quantitative estimate of drug-likeness (QED) is 0.888. The first kappa shape index (κ1) is 14.7. The van der Waals surface area contributed by atoms with E-state index in [0.29, 0.717) is 11.9 Å². The Labute approximate surface area is 129 Å². The van der Waals surface area contributed by atoms with Gasteiger partial charge >= 0.3 is 0 Å². The second-order valence-corrected chi connectivity index (χ2v) is 6.89. The highest BCUT2D eigenvalue weighted by atomic mass is 32.1. The van der Waals surface area contributed by atoms with Crippen LogP contribution in [0, 0.1) is 13.8 Å². The van der Waals surface area contributed by atoms with Gasteiger partial charge in [-0.15, -0.1) is 11.3 Å². The normalized spacial score (nSPS) is 15.2. The largest absolute Gasteiger partial charge is 0.383 e. The summed E-state index contributed by atoms with van der Waals surface area (Å²) < 4.78 is 5.20. The van der Waals surface area contributed by atoms with E-state index in [0.717, 1.165) is 35.7 Å². The van der Waals surface area contributed by atoms with Crippen LogP contribution in [0.15, 0.2) is 0 Å². The molecule has 0 unspecified atom stereocenters. The third-order valence-electron chi connectivity index (χ3n) is 4.09. The number of nitrogen functional groups attached to an aromatic ring is 1. The molecule has 0 atom stereocenters. The van der Waals surface area contributed by atoms with E-state index in [1.807, 2.05) is 0 Å². The molecule has 21 heavy (non-hydrogen) atoms. The maximum absolute atomic E-state index is 6.15. The summed E-state index contributed by atoms with van der Waals surface area (Å²) in [7, 11) is 1.74. The van der Waals surface area contributed by atoms with Crippen molar-refractivity contribution in [3.8, 4) is 0 Å². The van der Waals surface area contributed by atoms with Gasteiger partial charge in [-0.2, -0.15) is 0 Å². The summed E-state index contributed by atoms with van der Waals surface area (Å²) in [6.45, 7) is 6.61. The molecule has 1 aliphatic carbocycles. The lowest BCUT2D eigenvalue weighted by molar-refractivity contribution is 0.138. The van der Waals surface area contributed by atoms with Crippen molar-refractivity contribution in [3.63, 3.8) is 0 Å². The summed E-state index contributed by atoms with van der Waals surface area (Å²) in [5.41, 5.74) is 7.36. The number of rotatable bonds is 6. The first-order chi connectivity index (χ1) is 10.1. The Bertz CT molecular complexity index is 651. The van der Waals surface area contributed by atoms with E-state index < -0.39 is 0 Å². The number of aryl methyl sites for hydroxylation is 2. The average molecular weight is 306 g/mol. The Morgan fingerprint density at radius 2 is 2.10 bits per heavy atom. The molecule has 1 saturated carbocycles. The number of aromatic nitrogens is 2. The van der Waals surface area contributed by atoms with E-state index in [4.69, 9.17) is 15.5 Å². The van der Waals surface area contributed by atoms with E-state index in [2.05, 4.69) is 23.7 Å². The first-order valence-electron chi connectivity index (χ1n) is 7.35. The number of anilines is 1. The number of hydrogen-bond acceptors (Lipinski definition) is 6. The van der Waals surface area contributed by atoms with Gasteiger partial charge in [-0.25, -0.2) is 9.97 Å². The van der Waals surface area contributed by atoms with Gasteiger partial charge in [-0.05, 0) is 32.3 Å².